The number of hydrogen-bond acceptors (Lipinski definition) is 2. The second kappa shape index (κ2) is 7.42. The SMILES string of the molecule is CCCCNC(=O)C1CC1C(=O)Nc1ccc(Cl)cc1C(F)(F)F. The first-order chi connectivity index (χ1) is 11.2. The molecule has 2 rings (SSSR count). The lowest BCUT2D eigenvalue weighted by Gasteiger charge is -2.14. The van der Waals surface area contributed by atoms with E-state index in [0.717, 1.165) is 25.0 Å². The average Bonchev–Trinajstić information content (AvgIpc) is 3.29. The molecule has 8 heteroatoms. The van der Waals surface area contributed by atoms with Gasteiger partial charge in [0.2, 0.25) is 11.8 Å². The van der Waals surface area contributed by atoms with Gasteiger partial charge in [0.1, 0.15) is 0 Å². The Labute approximate surface area is 142 Å². The highest BCUT2D eigenvalue weighted by Crippen LogP contribution is 2.41. The average molecular weight is 363 g/mol. The predicted molar refractivity (Wildman–Crippen MR) is 84.6 cm³/mol. The largest absolute Gasteiger partial charge is 0.418 e. The van der Waals surface area contributed by atoms with Crippen LogP contribution in [0.25, 0.3) is 0 Å². The van der Waals surface area contributed by atoms with Gasteiger partial charge in [-0.3, -0.25) is 9.59 Å². The number of anilines is 1. The standard InChI is InChI=1S/C16H18ClF3N2O2/c1-2-3-6-21-14(23)10-8-11(10)15(24)22-13-5-4-9(17)7-12(13)16(18,19)20/h4-5,7,10-11H,2-3,6,8H2,1H3,(H,21,23)(H,22,24). The maximum absolute atomic E-state index is 13.0. The number of halogens is 4. The number of hydrogen-bond donors (Lipinski definition) is 2. The van der Waals surface area contributed by atoms with Crippen LogP contribution in [0, 0.1) is 11.8 Å². The minimum atomic E-state index is -4.63. The number of benzene rings is 1. The summed E-state index contributed by atoms with van der Waals surface area (Å²) in [4.78, 5) is 23.9. The minimum Gasteiger partial charge on any atom is -0.356 e. The molecule has 0 heterocycles. The Morgan fingerprint density at radius 1 is 1.25 bits per heavy atom. The third-order valence-corrected chi connectivity index (χ3v) is 4.07. The third-order valence-electron chi connectivity index (χ3n) is 3.84. The zero-order chi connectivity index (χ0) is 17.9. The highest BCUT2D eigenvalue weighted by atomic mass is 35.5. The molecule has 0 radical (unpaired) electrons. The molecule has 0 saturated heterocycles. The van der Waals surface area contributed by atoms with Gasteiger partial charge in [0, 0.05) is 11.6 Å². The summed E-state index contributed by atoms with van der Waals surface area (Å²) in [7, 11) is 0. The first-order valence-electron chi connectivity index (χ1n) is 7.69. The molecule has 2 amide bonds. The quantitative estimate of drug-likeness (QED) is 0.755. The van der Waals surface area contributed by atoms with Gasteiger partial charge in [-0.25, -0.2) is 0 Å². The molecule has 1 aliphatic rings. The molecule has 1 saturated carbocycles. The lowest BCUT2D eigenvalue weighted by molar-refractivity contribution is -0.137. The van der Waals surface area contributed by atoms with Crippen LogP contribution in [-0.2, 0) is 15.8 Å². The van der Waals surface area contributed by atoms with Crippen LogP contribution in [0.15, 0.2) is 18.2 Å². The van der Waals surface area contributed by atoms with Crippen molar-refractivity contribution >= 4 is 29.1 Å². The highest BCUT2D eigenvalue weighted by molar-refractivity contribution is 6.30. The van der Waals surface area contributed by atoms with Gasteiger partial charge in [-0.2, -0.15) is 13.2 Å². The Morgan fingerprint density at radius 2 is 1.92 bits per heavy atom. The fraction of sp³-hybridized carbons (Fsp3) is 0.500. The van der Waals surface area contributed by atoms with E-state index in [-0.39, 0.29) is 16.6 Å². The normalized spacial score (nSPS) is 19.7. The fourth-order valence-electron chi connectivity index (χ4n) is 2.38. The van der Waals surface area contributed by atoms with Crippen LogP contribution in [0.4, 0.5) is 18.9 Å². The summed E-state index contributed by atoms with van der Waals surface area (Å²) in [6, 6.07) is 3.15. The van der Waals surface area contributed by atoms with Crippen LogP contribution in [0.2, 0.25) is 5.02 Å². The summed E-state index contributed by atoms with van der Waals surface area (Å²) in [6.45, 7) is 2.53. The van der Waals surface area contributed by atoms with Crippen LogP contribution >= 0.6 is 11.6 Å². The molecule has 0 bridgehead atoms. The molecular formula is C16H18ClF3N2O2. The van der Waals surface area contributed by atoms with Gasteiger partial charge in [-0.15, -0.1) is 0 Å². The molecule has 1 aromatic carbocycles. The first-order valence-corrected chi connectivity index (χ1v) is 8.07. The predicted octanol–water partition coefficient (Wildman–Crippen LogP) is 3.85. The molecule has 1 fully saturated rings. The third kappa shape index (κ3) is 4.63. The maximum Gasteiger partial charge on any atom is 0.418 e. The van der Waals surface area contributed by atoms with Gasteiger partial charge in [-0.05, 0) is 31.0 Å². The van der Waals surface area contributed by atoms with Crippen molar-refractivity contribution in [2.24, 2.45) is 11.8 Å². The monoisotopic (exact) mass is 362 g/mol. The van der Waals surface area contributed by atoms with Crippen LogP contribution in [0.3, 0.4) is 0 Å². The van der Waals surface area contributed by atoms with Gasteiger partial charge in [0.15, 0.2) is 0 Å². The van der Waals surface area contributed by atoms with Crippen molar-refractivity contribution in [1.82, 2.24) is 5.32 Å². The Hall–Kier alpha value is -1.76. The lowest BCUT2D eigenvalue weighted by Crippen LogP contribution is -2.28. The number of amides is 2. The van der Waals surface area contributed by atoms with Crippen molar-refractivity contribution in [2.45, 2.75) is 32.4 Å². The molecule has 2 unspecified atom stereocenters. The Balaban J connectivity index is 1.98. The topological polar surface area (TPSA) is 58.2 Å². The van der Waals surface area contributed by atoms with E-state index in [1.165, 1.54) is 6.07 Å². The molecule has 0 aliphatic heterocycles. The lowest BCUT2D eigenvalue weighted by atomic mass is 10.1. The zero-order valence-electron chi connectivity index (χ0n) is 13.0. The first kappa shape index (κ1) is 18.6. The number of carbonyl (C=O) groups is 2. The van der Waals surface area contributed by atoms with E-state index in [4.69, 9.17) is 11.6 Å². The summed E-state index contributed by atoms with van der Waals surface area (Å²) in [5, 5.41) is 4.91. The van der Waals surface area contributed by atoms with Crippen molar-refractivity contribution in [3.8, 4) is 0 Å². The summed E-state index contributed by atoms with van der Waals surface area (Å²) in [5.74, 6) is -1.87. The molecule has 2 atom stereocenters. The van der Waals surface area contributed by atoms with E-state index in [0.29, 0.717) is 13.0 Å². The maximum atomic E-state index is 13.0. The molecule has 1 aromatic rings. The zero-order valence-corrected chi connectivity index (χ0v) is 13.8. The second-order valence-electron chi connectivity index (χ2n) is 5.77. The van der Waals surface area contributed by atoms with Crippen molar-refractivity contribution in [3.05, 3.63) is 28.8 Å². The van der Waals surface area contributed by atoms with Gasteiger partial charge in [0.25, 0.3) is 0 Å². The van der Waals surface area contributed by atoms with Crippen LogP contribution < -0.4 is 10.6 Å². The summed E-state index contributed by atoms with van der Waals surface area (Å²) in [5.41, 5.74) is -1.36. The fourth-order valence-corrected chi connectivity index (χ4v) is 2.55. The molecule has 24 heavy (non-hydrogen) atoms. The molecule has 2 N–H and O–H groups in total. The Bertz CT molecular complexity index is 634. The summed E-state index contributed by atoms with van der Waals surface area (Å²) < 4.78 is 39.0. The molecule has 0 spiro atoms. The van der Waals surface area contributed by atoms with E-state index < -0.39 is 29.5 Å². The van der Waals surface area contributed by atoms with E-state index >= 15 is 0 Å². The molecular weight excluding hydrogens is 345 g/mol. The van der Waals surface area contributed by atoms with E-state index in [1.807, 2.05) is 6.92 Å². The van der Waals surface area contributed by atoms with E-state index in [2.05, 4.69) is 10.6 Å². The number of alkyl halides is 3. The van der Waals surface area contributed by atoms with Gasteiger partial charge < -0.3 is 10.6 Å². The van der Waals surface area contributed by atoms with E-state index in [1.54, 1.807) is 0 Å². The van der Waals surface area contributed by atoms with Gasteiger partial charge in [-0.1, -0.05) is 24.9 Å². The van der Waals surface area contributed by atoms with Crippen LogP contribution in [0.1, 0.15) is 31.7 Å². The molecule has 4 nitrogen and oxygen atoms in total. The van der Waals surface area contributed by atoms with Crippen molar-refractivity contribution in [3.63, 3.8) is 0 Å². The van der Waals surface area contributed by atoms with Gasteiger partial charge >= 0.3 is 6.18 Å². The molecule has 132 valence electrons. The number of carbonyl (C=O) groups excluding carboxylic acids is 2. The minimum absolute atomic E-state index is 0.0695. The Kier molecular flexibility index (Phi) is 5.74. The van der Waals surface area contributed by atoms with Crippen LogP contribution in [0.5, 0.6) is 0 Å². The number of unbranched alkanes of at least 4 members (excludes halogenated alkanes) is 1. The second-order valence-corrected chi connectivity index (χ2v) is 6.21. The smallest absolute Gasteiger partial charge is 0.356 e. The van der Waals surface area contributed by atoms with Crippen molar-refractivity contribution in [2.75, 3.05) is 11.9 Å². The molecule has 1 aliphatic carbocycles. The number of nitrogens with one attached hydrogen (secondary N) is 2. The summed E-state index contributed by atoms with van der Waals surface area (Å²) in [6.07, 6.45) is -2.51. The van der Waals surface area contributed by atoms with Crippen molar-refractivity contribution < 1.29 is 22.8 Å². The number of rotatable bonds is 6. The van der Waals surface area contributed by atoms with E-state index in [9.17, 15) is 22.8 Å². The van der Waals surface area contributed by atoms with Gasteiger partial charge in [0.05, 0.1) is 23.1 Å². The summed E-state index contributed by atoms with van der Waals surface area (Å²) >= 11 is 5.59. The van der Waals surface area contributed by atoms with Crippen molar-refractivity contribution in [1.29, 1.82) is 0 Å². The van der Waals surface area contributed by atoms with Crippen LogP contribution in [-0.4, -0.2) is 18.4 Å². The highest BCUT2D eigenvalue weighted by Gasteiger charge is 2.48. The Morgan fingerprint density at radius 3 is 2.54 bits per heavy atom. The molecule has 0 aromatic heterocycles.